The molecule has 1 aromatic carbocycles. The maximum atomic E-state index is 9.70. The molecule has 0 atom stereocenters. The summed E-state index contributed by atoms with van der Waals surface area (Å²) in [6.45, 7) is 1.71. The van der Waals surface area contributed by atoms with Crippen molar-refractivity contribution in [1.29, 1.82) is 0 Å². The number of phenolic OH excluding ortho intramolecular Hbond substituents is 2. The molecule has 0 bridgehead atoms. The maximum absolute atomic E-state index is 9.70. The highest BCUT2D eigenvalue weighted by Crippen LogP contribution is 2.36. The number of nitrogen functional groups attached to an aromatic ring is 1. The number of nitrogens with two attached hydrogens (primary N) is 1. The third-order valence-corrected chi connectivity index (χ3v) is 2.27. The van der Waals surface area contributed by atoms with Gasteiger partial charge in [0.25, 0.3) is 0 Å². The number of aromatic amines is 1. The minimum absolute atomic E-state index is 0.0680. The largest absolute Gasteiger partial charge is 0.508 e. The van der Waals surface area contributed by atoms with Gasteiger partial charge in [-0.1, -0.05) is 0 Å². The molecule has 2 aromatic rings. The monoisotopic (exact) mass is 205 g/mol. The number of hydrogen-bond donors (Lipinski definition) is 4. The van der Waals surface area contributed by atoms with Crippen molar-refractivity contribution >= 4 is 5.82 Å². The molecule has 78 valence electrons. The van der Waals surface area contributed by atoms with Crippen molar-refractivity contribution < 1.29 is 10.2 Å². The average molecular weight is 205 g/mol. The summed E-state index contributed by atoms with van der Waals surface area (Å²) in [5.41, 5.74) is 7.26. The summed E-state index contributed by atoms with van der Waals surface area (Å²) in [6, 6.07) is 2.95. The lowest BCUT2D eigenvalue weighted by atomic mass is 10.0. The lowest BCUT2D eigenvalue weighted by molar-refractivity contribution is 0.458. The standard InChI is InChI=1S/C10H11N3O2/c1-5-2-9(15)6(3-8(5)14)7-4-12-13-10(7)11/h2-4,14-15H,1H3,(H3,11,12,13). The van der Waals surface area contributed by atoms with Crippen LogP contribution in [0.5, 0.6) is 11.5 Å². The summed E-state index contributed by atoms with van der Waals surface area (Å²) < 4.78 is 0. The van der Waals surface area contributed by atoms with Gasteiger partial charge in [-0.15, -0.1) is 0 Å². The third-order valence-electron chi connectivity index (χ3n) is 2.27. The number of aromatic nitrogens is 2. The molecule has 15 heavy (non-hydrogen) atoms. The quantitative estimate of drug-likeness (QED) is 0.529. The van der Waals surface area contributed by atoms with Crippen LogP contribution in [0.1, 0.15) is 5.56 Å². The fourth-order valence-corrected chi connectivity index (χ4v) is 1.41. The van der Waals surface area contributed by atoms with Crippen LogP contribution in [0.4, 0.5) is 5.82 Å². The van der Waals surface area contributed by atoms with E-state index in [9.17, 15) is 10.2 Å². The fourth-order valence-electron chi connectivity index (χ4n) is 1.41. The summed E-state index contributed by atoms with van der Waals surface area (Å²) in [6.07, 6.45) is 1.50. The highest BCUT2D eigenvalue weighted by atomic mass is 16.3. The Morgan fingerprint density at radius 3 is 2.53 bits per heavy atom. The molecule has 0 saturated carbocycles. The first-order chi connectivity index (χ1) is 7.09. The zero-order chi connectivity index (χ0) is 11.0. The topological polar surface area (TPSA) is 95.2 Å². The van der Waals surface area contributed by atoms with Gasteiger partial charge in [0.15, 0.2) is 0 Å². The van der Waals surface area contributed by atoms with E-state index in [1.54, 1.807) is 6.92 Å². The predicted octanol–water partition coefficient (Wildman–Crippen LogP) is 1.38. The SMILES string of the molecule is Cc1cc(O)c(-c2cn[nH]c2N)cc1O. The number of aromatic hydroxyl groups is 2. The molecule has 0 radical (unpaired) electrons. The Kier molecular flexibility index (Phi) is 2.00. The summed E-state index contributed by atoms with van der Waals surface area (Å²) in [5.74, 6) is 0.537. The van der Waals surface area contributed by atoms with Crippen molar-refractivity contribution in [1.82, 2.24) is 10.2 Å². The van der Waals surface area contributed by atoms with Crippen molar-refractivity contribution in [3.05, 3.63) is 23.9 Å². The molecule has 0 spiro atoms. The Bertz CT molecular complexity index is 505. The minimum Gasteiger partial charge on any atom is -0.508 e. The van der Waals surface area contributed by atoms with Crippen LogP contribution in [0.2, 0.25) is 0 Å². The molecule has 0 saturated heterocycles. The summed E-state index contributed by atoms with van der Waals surface area (Å²) in [7, 11) is 0. The number of nitrogens with zero attached hydrogens (tertiary/aromatic N) is 1. The first-order valence-corrected chi connectivity index (χ1v) is 4.41. The van der Waals surface area contributed by atoms with Gasteiger partial charge in [-0.05, 0) is 24.6 Å². The number of phenols is 2. The number of benzene rings is 1. The maximum Gasteiger partial charge on any atom is 0.126 e. The Morgan fingerprint density at radius 2 is 1.93 bits per heavy atom. The van der Waals surface area contributed by atoms with Crippen molar-refractivity contribution in [2.24, 2.45) is 0 Å². The van der Waals surface area contributed by atoms with E-state index in [0.717, 1.165) is 0 Å². The van der Waals surface area contributed by atoms with Crippen LogP contribution in [0.15, 0.2) is 18.3 Å². The molecule has 1 heterocycles. The van der Waals surface area contributed by atoms with Gasteiger partial charge in [-0.2, -0.15) is 5.10 Å². The molecule has 0 aliphatic carbocycles. The predicted molar refractivity (Wildman–Crippen MR) is 56.5 cm³/mol. The molecule has 0 fully saturated rings. The molecule has 0 aliphatic heterocycles. The smallest absolute Gasteiger partial charge is 0.126 e. The van der Waals surface area contributed by atoms with E-state index in [4.69, 9.17) is 5.73 Å². The normalized spacial score (nSPS) is 10.5. The molecular weight excluding hydrogens is 194 g/mol. The molecule has 5 heteroatoms. The Balaban J connectivity index is 2.64. The summed E-state index contributed by atoms with van der Waals surface area (Å²) in [4.78, 5) is 0. The van der Waals surface area contributed by atoms with Crippen LogP contribution >= 0.6 is 0 Å². The zero-order valence-electron chi connectivity index (χ0n) is 8.15. The molecule has 0 amide bonds. The molecule has 5 nitrogen and oxygen atoms in total. The first-order valence-electron chi connectivity index (χ1n) is 4.41. The Morgan fingerprint density at radius 1 is 1.20 bits per heavy atom. The number of hydrogen-bond acceptors (Lipinski definition) is 4. The van der Waals surface area contributed by atoms with Crippen molar-refractivity contribution in [3.63, 3.8) is 0 Å². The van der Waals surface area contributed by atoms with E-state index in [-0.39, 0.29) is 11.5 Å². The highest BCUT2D eigenvalue weighted by molar-refractivity contribution is 5.79. The molecule has 1 aromatic heterocycles. The van der Waals surface area contributed by atoms with Crippen LogP contribution in [-0.2, 0) is 0 Å². The van der Waals surface area contributed by atoms with Gasteiger partial charge in [0, 0.05) is 11.1 Å². The van der Waals surface area contributed by atoms with Crippen molar-refractivity contribution in [3.8, 4) is 22.6 Å². The third kappa shape index (κ3) is 1.48. The summed E-state index contributed by atoms with van der Waals surface area (Å²) in [5, 5.41) is 25.5. The number of aryl methyl sites for hydroxylation is 1. The van der Waals surface area contributed by atoms with E-state index in [1.807, 2.05) is 0 Å². The second kappa shape index (κ2) is 3.20. The van der Waals surface area contributed by atoms with E-state index < -0.39 is 0 Å². The molecule has 5 N–H and O–H groups in total. The zero-order valence-corrected chi connectivity index (χ0v) is 8.15. The van der Waals surface area contributed by atoms with Gasteiger partial charge in [0.2, 0.25) is 0 Å². The van der Waals surface area contributed by atoms with E-state index in [2.05, 4.69) is 10.2 Å². The second-order valence-electron chi connectivity index (χ2n) is 3.35. The lowest BCUT2D eigenvalue weighted by Gasteiger charge is -2.06. The van der Waals surface area contributed by atoms with Gasteiger partial charge >= 0.3 is 0 Å². The Labute approximate surface area is 86.2 Å². The van der Waals surface area contributed by atoms with Gasteiger partial charge in [0.05, 0.1) is 6.20 Å². The molecule has 2 rings (SSSR count). The van der Waals surface area contributed by atoms with Crippen molar-refractivity contribution in [2.45, 2.75) is 6.92 Å². The van der Waals surface area contributed by atoms with Gasteiger partial charge in [-0.3, -0.25) is 5.10 Å². The Hall–Kier alpha value is -2.17. The first kappa shape index (κ1) is 9.39. The number of nitrogens with one attached hydrogen (secondary N) is 1. The number of rotatable bonds is 1. The van der Waals surface area contributed by atoms with E-state index in [0.29, 0.717) is 22.5 Å². The van der Waals surface area contributed by atoms with Crippen LogP contribution < -0.4 is 5.73 Å². The van der Waals surface area contributed by atoms with E-state index in [1.165, 1.54) is 18.3 Å². The van der Waals surface area contributed by atoms with Crippen LogP contribution in [0, 0.1) is 6.92 Å². The molecule has 0 aliphatic rings. The van der Waals surface area contributed by atoms with Crippen molar-refractivity contribution in [2.75, 3.05) is 5.73 Å². The second-order valence-corrected chi connectivity index (χ2v) is 3.35. The number of anilines is 1. The number of H-pyrrole nitrogens is 1. The minimum atomic E-state index is 0.0680. The van der Waals surface area contributed by atoms with Crippen LogP contribution in [-0.4, -0.2) is 20.4 Å². The van der Waals surface area contributed by atoms with E-state index >= 15 is 0 Å². The fraction of sp³-hybridized carbons (Fsp3) is 0.100. The average Bonchev–Trinajstić information content (AvgIpc) is 2.58. The molecule has 0 unspecified atom stereocenters. The van der Waals surface area contributed by atoms with Gasteiger partial charge < -0.3 is 15.9 Å². The van der Waals surface area contributed by atoms with Crippen LogP contribution in [0.25, 0.3) is 11.1 Å². The van der Waals surface area contributed by atoms with Gasteiger partial charge in [0.1, 0.15) is 17.3 Å². The highest BCUT2D eigenvalue weighted by Gasteiger charge is 2.11. The summed E-state index contributed by atoms with van der Waals surface area (Å²) >= 11 is 0. The van der Waals surface area contributed by atoms with Crippen LogP contribution in [0.3, 0.4) is 0 Å². The lowest BCUT2D eigenvalue weighted by Crippen LogP contribution is -1.88. The van der Waals surface area contributed by atoms with Gasteiger partial charge in [-0.25, -0.2) is 0 Å². The molecular formula is C10H11N3O2.